The molecule has 0 fully saturated rings. The summed E-state index contributed by atoms with van der Waals surface area (Å²) in [6.45, 7) is 1.78. The molecule has 1 amide bonds. The van der Waals surface area contributed by atoms with Gasteiger partial charge < -0.3 is 9.84 Å². The lowest BCUT2D eigenvalue weighted by molar-refractivity contribution is 0.102. The van der Waals surface area contributed by atoms with E-state index >= 15 is 0 Å². The SMILES string of the molecule is Cc1noc(CSc2ccccc2C(=O)Nc2ccccc2I)n1. The average Bonchev–Trinajstić information content (AvgIpc) is 3.01. The number of carbonyl (C=O) groups excluding carboxylic acids is 1. The largest absolute Gasteiger partial charge is 0.338 e. The number of rotatable bonds is 5. The molecule has 0 saturated carbocycles. The number of hydrogen-bond acceptors (Lipinski definition) is 5. The Morgan fingerprint density at radius 1 is 1.21 bits per heavy atom. The Bertz CT molecular complexity index is 866. The summed E-state index contributed by atoms with van der Waals surface area (Å²) in [4.78, 5) is 17.7. The Labute approximate surface area is 157 Å². The summed E-state index contributed by atoms with van der Waals surface area (Å²) in [6.07, 6.45) is 0. The first kappa shape index (κ1) is 17.0. The van der Waals surface area contributed by atoms with Gasteiger partial charge in [-0.05, 0) is 53.8 Å². The first-order valence-electron chi connectivity index (χ1n) is 7.20. The predicted molar refractivity (Wildman–Crippen MR) is 102 cm³/mol. The van der Waals surface area contributed by atoms with Crippen LogP contribution in [0, 0.1) is 10.5 Å². The van der Waals surface area contributed by atoms with Crippen LogP contribution < -0.4 is 5.32 Å². The molecule has 7 heteroatoms. The number of carbonyl (C=O) groups is 1. The van der Waals surface area contributed by atoms with Crippen molar-refractivity contribution in [3.8, 4) is 0 Å². The number of aryl methyl sites for hydroxylation is 1. The second kappa shape index (κ2) is 7.80. The van der Waals surface area contributed by atoms with E-state index in [4.69, 9.17) is 4.52 Å². The maximum atomic E-state index is 12.6. The summed E-state index contributed by atoms with van der Waals surface area (Å²) >= 11 is 3.70. The lowest BCUT2D eigenvalue weighted by Gasteiger charge is -2.10. The minimum Gasteiger partial charge on any atom is -0.338 e. The topological polar surface area (TPSA) is 68.0 Å². The number of anilines is 1. The molecule has 0 aliphatic heterocycles. The lowest BCUT2D eigenvalue weighted by Crippen LogP contribution is -2.13. The van der Waals surface area contributed by atoms with E-state index in [9.17, 15) is 4.79 Å². The molecule has 1 aromatic heterocycles. The highest BCUT2D eigenvalue weighted by atomic mass is 127. The molecular weight excluding hydrogens is 437 g/mol. The summed E-state index contributed by atoms with van der Waals surface area (Å²) in [7, 11) is 0. The molecule has 0 saturated heterocycles. The Morgan fingerprint density at radius 3 is 2.71 bits per heavy atom. The van der Waals surface area contributed by atoms with Gasteiger partial charge >= 0.3 is 0 Å². The Hall–Kier alpha value is -1.87. The standard InChI is InChI=1S/C17H14IN3O2S/c1-11-19-16(23-21-11)10-24-15-9-5-2-6-12(15)17(22)20-14-8-4-3-7-13(14)18/h2-9H,10H2,1H3,(H,20,22). The van der Waals surface area contributed by atoms with E-state index in [0.717, 1.165) is 14.2 Å². The zero-order valence-corrected chi connectivity index (χ0v) is 15.8. The number of para-hydroxylation sites is 1. The third-order valence-corrected chi connectivity index (χ3v) is 5.17. The van der Waals surface area contributed by atoms with Crippen molar-refractivity contribution in [3.05, 3.63) is 69.4 Å². The summed E-state index contributed by atoms with van der Waals surface area (Å²) in [5, 5.41) is 6.73. The number of nitrogens with zero attached hydrogens (tertiary/aromatic N) is 2. The van der Waals surface area contributed by atoms with Crippen molar-refractivity contribution < 1.29 is 9.32 Å². The van der Waals surface area contributed by atoms with Crippen molar-refractivity contribution in [1.29, 1.82) is 0 Å². The van der Waals surface area contributed by atoms with Crippen molar-refractivity contribution in [2.75, 3.05) is 5.32 Å². The van der Waals surface area contributed by atoms with Crippen molar-refractivity contribution in [2.45, 2.75) is 17.6 Å². The third kappa shape index (κ3) is 4.15. The predicted octanol–water partition coefficient (Wildman–Crippen LogP) is 4.53. The van der Waals surface area contributed by atoms with Crippen molar-refractivity contribution in [1.82, 2.24) is 10.1 Å². The maximum absolute atomic E-state index is 12.6. The monoisotopic (exact) mass is 451 g/mol. The second-order valence-electron chi connectivity index (χ2n) is 4.95. The van der Waals surface area contributed by atoms with Crippen molar-refractivity contribution in [3.63, 3.8) is 0 Å². The van der Waals surface area contributed by atoms with Crippen LogP contribution in [0.1, 0.15) is 22.1 Å². The molecule has 0 spiro atoms. The van der Waals surface area contributed by atoms with Crippen LogP contribution in [-0.2, 0) is 5.75 Å². The van der Waals surface area contributed by atoms with E-state index in [1.807, 2.05) is 48.5 Å². The van der Waals surface area contributed by atoms with Gasteiger partial charge in [-0.1, -0.05) is 29.4 Å². The van der Waals surface area contributed by atoms with Crippen molar-refractivity contribution in [2.24, 2.45) is 0 Å². The Morgan fingerprint density at radius 2 is 1.96 bits per heavy atom. The third-order valence-electron chi connectivity index (χ3n) is 3.17. The molecule has 0 aliphatic carbocycles. The number of benzene rings is 2. The van der Waals surface area contributed by atoms with Gasteiger partial charge in [-0.25, -0.2) is 0 Å². The molecule has 3 rings (SSSR count). The van der Waals surface area contributed by atoms with Crippen LogP contribution in [-0.4, -0.2) is 16.0 Å². The lowest BCUT2D eigenvalue weighted by atomic mass is 10.2. The minimum absolute atomic E-state index is 0.135. The fourth-order valence-electron chi connectivity index (χ4n) is 2.07. The first-order valence-corrected chi connectivity index (χ1v) is 9.27. The molecule has 1 N–H and O–H groups in total. The van der Waals surface area contributed by atoms with E-state index in [1.54, 1.807) is 6.92 Å². The molecule has 0 aliphatic rings. The summed E-state index contributed by atoms with van der Waals surface area (Å²) in [5.41, 5.74) is 1.42. The zero-order valence-electron chi connectivity index (χ0n) is 12.8. The smallest absolute Gasteiger partial charge is 0.256 e. The Balaban J connectivity index is 1.75. The van der Waals surface area contributed by atoms with Gasteiger partial charge in [0.15, 0.2) is 5.82 Å². The molecule has 2 aromatic carbocycles. The number of halogens is 1. The van der Waals surface area contributed by atoms with Gasteiger partial charge in [-0.2, -0.15) is 4.98 Å². The quantitative estimate of drug-likeness (QED) is 0.456. The molecule has 1 heterocycles. The highest BCUT2D eigenvalue weighted by Crippen LogP contribution is 2.27. The molecule has 122 valence electrons. The molecule has 0 unspecified atom stereocenters. The van der Waals surface area contributed by atoms with Gasteiger partial charge in [-0.15, -0.1) is 11.8 Å². The number of thioether (sulfide) groups is 1. The van der Waals surface area contributed by atoms with Crippen LogP contribution in [0.3, 0.4) is 0 Å². The van der Waals surface area contributed by atoms with Gasteiger partial charge in [0.05, 0.1) is 17.0 Å². The normalized spacial score (nSPS) is 10.6. The summed E-state index contributed by atoms with van der Waals surface area (Å²) in [6, 6.07) is 15.2. The van der Waals surface area contributed by atoms with Crippen LogP contribution in [0.2, 0.25) is 0 Å². The van der Waals surface area contributed by atoms with Gasteiger partial charge in [0, 0.05) is 8.47 Å². The molecule has 5 nitrogen and oxygen atoms in total. The van der Waals surface area contributed by atoms with Crippen LogP contribution >= 0.6 is 34.4 Å². The van der Waals surface area contributed by atoms with Gasteiger partial charge in [0.2, 0.25) is 5.89 Å². The molecular formula is C17H14IN3O2S. The summed E-state index contributed by atoms with van der Waals surface area (Å²) in [5.74, 6) is 1.54. The van der Waals surface area contributed by atoms with E-state index in [1.165, 1.54) is 11.8 Å². The van der Waals surface area contributed by atoms with Gasteiger partial charge in [0.1, 0.15) is 0 Å². The zero-order chi connectivity index (χ0) is 16.9. The molecule has 0 atom stereocenters. The van der Waals surface area contributed by atoms with E-state index in [-0.39, 0.29) is 5.91 Å². The highest BCUT2D eigenvalue weighted by molar-refractivity contribution is 14.1. The van der Waals surface area contributed by atoms with Gasteiger partial charge in [-0.3, -0.25) is 4.79 Å². The average molecular weight is 451 g/mol. The minimum atomic E-state index is -0.135. The second-order valence-corrected chi connectivity index (χ2v) is 7.13. The van der Waals surface area contributed by atoms with Crippen LogP contribution in [0.15, 0.2) is 57.9 Å². The highest BCUT2D eigenvalue weighted by Gasteiger charge is 2.14. The fraction of sp³-hybridized carbons (Fsp3) is 0.118. The van der Waals surface area contributed by atoms with Crippen LogP contribution in [0.5, 0.6) is 0 Å². The van der Waals surface area contributed by atoms with Crippen LogP contribution in [0.25, 0.3) is 0 Å². The summed E-state index contributed by atoms with van der Waals surface area (Å²) < 4.78 is 6.11. The Kier molecular flexibility index (Phi) is 5.52. The number of nitrogens with one attached hydrogen (secondary N) is 1. The maximum Gasteiger partial charge on any atom is 0.256 e. The van der Waals surface area contributed by atoms with E-state index in [0.29, 0.717) is 23.0 Å². The molecule has 3 aromatic rings. The van der Waals surface area contributed by atoms with Gasteiger partial charge in [0.25, 0.3) is 5.91 Å². The molecule has 24 heavy (non-hydrogen) atoms. The van der Waals surface area contributed by atoms with E-state index < -0.39 is 0 Å². The fourth-order valence-corrected chi connectivity index (χ4v) is 3.48. The first-order chi connectivity index (χ1) is 11.6. The van der Waals surface area contributed by atoms with Crippen molar-refractivity contribution >= 4 is 45.9 Å². The number of aromatic nitrogens is 2. The molecule has 0 bridgehead atoms. The number of amides is 1. The van der Waals surface area contributed by atoms with E-state index in [2.05, 4.69) is 38.0 Å². The number of hydrogen-bond donors (Lipinski definition) is 1. The van der Waals surface area contributed by atoms with Crippen LogP contribution in [0.4, 0.5) is 5.69 Å². The molecule has 0 radical (unpaired) electrons.